The minimum Gasteiger partial charge on any atom is -0.298 e. The lowest BCUT2D eigenvalue weighted by Gasteiger charge is -2.11. The lowest BCUT2D eigenvalue weighted by Crippen LogP contribution is -2.10. The number of aldehydes is 1. The number of benzene rings is 1. The van der Waals surface area contributed by atoms with Gasteiger partial charge in [0.1, 0.15) is 0 Å². The Bertz CT molecular complexity index is 693. The smallest absolute Gasteiger partial charge is 0.298 e. The van der Waals surface area contributed by atoms with E-state index in [-0.39, 0.29) is 27.0 Å². The van der Waals surface area contributed by atoms with Gasteiger partial charge in [0, 0.05) is 17.3 Å². The maximum Gasteiger partial charge on any atom is 0.418 e. The highest BCUT2D eigenvalue weighted by molar-refractivity contribution is 6.48. The SMILES string of the molecule is O=Cc1cc(-c2cc(Cl)c(Cl)c(Cl)c2)ncc1C(F)(F)F. The lowest BCUT2D eigenvalue weighted by molar-refractivity contribution is -0.138. The summed E-state index contributed by atoms with van der Waals surface area (Å²) in [4.78, 5) is 14.5. The van der Waals surface area contributed by atoms with Gasteiger partial charge in [-0.25, -0.2) is 0 Å². The zero-order valence-corrected chi connectivity index (χ0v) is 12.3. The van der Waals surface area contributed by atoms with Crippen LogP contribution >= 0.6 is 34.8 Å². The van der Waals surface area contributed by atoms with E-state index >= 15 is 0 Å². The molecule has 0 aliphatic heterocycles. The van der Waals surface area contributed by atoms with E-state index in [0.717, 1.165) is 6.07 Å². The summed E-state index contributed by atoms with van der Waals surface area (Å²) in [5.41, 5.74) is -1.14. The van der Waals surface area contributed by atoms with Gasteiger partial charge in [0.15, 0.2) is 6.29 Å². The fourth-order valence-electron chi connectivity index (χ4n) is 1.67. The van der Waals surface area contributed by atoms with Gasteiger partial charge in [-0.1, -0.05) is 34.8 Å². The Morgan fingerprint density at radius 1 is 1.05 bits per heavy atom. The Morgan fingerprint density at radius 3 is 2.10 bits per heavy atom. The van der Waals surface area contributed by atoms with Gasteiger partial charge in [0.2, 0.25) is 0 Å². The molecule has 0 aliphatic rings. The molecule has 2 nitrogen and oxygen atoms in total. The van der Waals surface area contributed by atoms with E-state index < -0.39 is 17.3 Å². The third kappa shape index (κ3) is 3.31. The number of carbonyl (C=O) groups is 1. The van der Waals surface area contributed by atoms with Crippen LogP contribution in [-0.2, 0) is 6.18 Å². The molecule has 8 heteroatoms. The van der Waals surface area contributed by atoms with Crippen LogP contribution in [0.1, 0.15) is 15.9 Å². The zero-order chi connectivity index (χ0) is 15.8. The maximum absolute atomic E-state index is 12.7. The number of alkyl halides is 3. The topological polar surface area (TPSA) is 30.0 Å². The van der Waals surface area contributed by atoms with Crippen molar-refractivity contribution in [2.45, 2.75) is 6.18 Å². The Labute approximate surface area is 132 Å². The van der Waals surface area contributed by atoms with E-state index in [1.807, 2.05) is 0 Å². The molecule has 0 saturated carbocycles. The standard InChI is InChI=1S/C13H5Cl3F3NO/c14-9-1-6(2-10(15)12(9)16)11-3-7(5-21)8(4-20-11)13(17,18)19/h1-5H. The fourth-order valence-corrected chi connectivity index (χ4v) is 2.26. The second kappa shape index (κ2) is 5.83. The van der Waals surface area contributed by atoms with Gasteiger partial charge in [-0.2, -0.15) is 13.2 Å². The van der Waals surface area contributed by atoms with E-state index in [2.05, 4.69) is 4.98 Å². The highest BCUT2D eigenvalue weighted by atomic mass is 35.5. The molecule has 0 atom stereocenters. The van der Waals surface area contributed by atoms with Crippen molar-refractivity contribution in [1.82, 2.24) is 4.98 Å². The molecule has 0 bridgehead atoms. The summed E-state index contributed by atoms with van der Waals surface area (Å²) in [5.74, 6) is 0. The van der Waals surface area contributed by atoms with Crippen LogP contribution in [-0.4, -0.2) is 11.3 Å². The molecule has 1 heterocycles. The predicted molar refractivity (Wildman–Crippen MR) is 75.1 cm³/mol. The second-order valence-electron chi connectivity index (χ2n) is 4.03. The number of aromatic nitrogens is 1. The number of hydrogen-bond donors (Lipinski definition) is 0. The average Bonchev–Trinajstić information content (AvgIpc) is 2.42. The highest BCUT2D eigenvalue weighted by Gasteiger charge is 2.34. The number of halogens is 6. The van der Waals surface area contributed by atoms with Crippen molar-refractivity contribution >= 4 is 41.1 Å². The number of hydrogen-bond acceptors (Lipinski definition) is 2. The first-order chi connectivity index (χ1) is 9.74. The van der Waals surface area contributed by atoms with E-state index in [1.54, 1.807) is 0 Å². The molecule has 2 aromatic rings. The van der Waals surface area contributed by atoms with Crippen LogP contribution in [0.3, 0.4) is 0 Å². The van der Waals surface area contributed by atoms with Gasteiger partial charge in [-0.15, -0.1) is 0 Å². The first-order valence-corrected chi connectivity index (χ1v) is 6.54. The molecule has 0 radical (unpaired) electrons. The van der Waals surface area contributed by atoms with Crippen molar-refractivity contribution < 1.29 is 18.0 Å². The summed E-state index contributed by atoms with van der Waals surface area (Å²) in [7, 11) is 0. The largest absolute Gasteiger partial charge is 0.418 e. The van der Waals surface area contributed by atoms with Gasteiger partial charge >= 0.3 is 6.18 Å². The predicted octanol–water partition coefficient (Wildman–Crippen LogP) is 5.54. The molecule has 0 N–H and O–H groups in total. The van der Waals surface area contributed by atoms with Gasteiger partial charge in [0.05, 0.1) is 26.3 Å². The average molecular weight is 355 g/mol. The first-order valence-electron chi connectivity index (χ1n) is 5.41. The summed E-state index contributed by atoms with van der Waals surface area (Å²) in [6.07, 6.45) is -3.94. The van der Waals surface area contributed by atoms with Gasteiger partial charge < -0.3 is 0 Å². The fraction of sp³-hybridized carbons (Fsp3) is 0.0769. The molecule has 0 fully saturated rings. The molecule has 0 aliphatic carbocycles. The van der Waals surface area contributed by atoms with Crippen molar-refractivity contribution in [3.63, 3.8) is 0 Å². The molecule has 0 spiro atoms. The van der Waals surface area contributed by atoms with Crippen molar-refractivity contribution in [1.29, 1.82) is 0 Å². The van der Waals surface area contributed by atoms with Crippen LogP contribution in [0.2, 0.25) is 15.1 Å². The van der Waals surface area contributed by atoms with Crippen LogP contribution in [0.5, 0.6) is 0 Å². The maximum atomic E-state index is 12.7. The minimum absolute atomic E-state index is 0.118. The van der Waals surface area contributed by atoms with Gasteiger partial charge in [0.25, 0.3) is 0 Å². The molecule has 1 aromatic heterocycles. The number of pyridine rings is 1. The Balaban J connectivity index is 2.59. The normalized spacial score (nSPS) is 11.5. The molecular weight excluding hydrogens is 350 g/mol. The Hall–Kier alpha value is -1.30. The van der Waals surface area contributed by atoms with Crippen molar-refractivity contribution in [3.8, 4) is 11.3 Å². The number of nitrogens with zero attached hydrogens (tertiary/aromatic N) is 1. The number of carbonyl (C=O) groups excluding carboxylic acids is 1. The number of rotatable bonds is 2. The Morgan fingerprint density at radius 2 is 1.62 bits per heavy atom. The third-order valence-corrected chi connectivity index (χ3v) is 3.84. The molecule has 0 amide bonds. The molecule has 2 rings (SSSR count). The monoisotopic (exact) mass is 353 g/mol. The summed E-state index contributed by atoms with van der Waals surface area (Å²) in [6, 6.07) is 3.83. The van der Waals surface area contributed by atoms with Crippen LogP contribution < -0.4 is 0 Å². The van der Waals surface area contributed by atoms with Crippen LogP contribution in [0, 0.1) is 0 Å². The molecule has 1 aromatic carbocycles. The molecule has 0 saturated heterocycles. The van der Waals surface area contributed by atoms with Crippen molar-refractivity contribution in [2.24, 2.45) is 0 Å². The van der Waals surface area contributed by atoms with Crippen LogP contribution in [0.25, 0.3) is 11.3 Å². The zero-order valence-electron chi connectivity index (χ0n) is 10.0. The summed E-state index contributed by atoms with van der Waals surface area (Å²) >= 11 is 17.5. The molecule has 0 unspecified atom stereocenters. The minimum atomic E-state index is -4.66. The summed E-state index contributed by atoms with van der Waals surface area (Å²) in [5, 5.41) is 0.395. The second-order valence-corrected chi connectivity index (χ2v) is 5.22. The lowest BCUT2D eigenvalue weighted by atomic mass is 10.1. The first kappa shape index (κ1) is 16.1. The van der Waals surface area contributed by atoms with E-state index in [4.69, 9.17) is 34.8 Å². The van der Waals surface area contributed by atoms with Gasteiger partial charge in [-0.05, 0) is 18.2 Å². The quantitative estimate of drug-likeness (QED) is 0.523. The van der Waals surface area contributed by atoms with E-state index in [0.29, 0.717) is 11.8 Å². The third-order valence-electron chi connectivity index (χ3n) is 2.65. The molecule has 21 heavy (non-hydrogen) atoms. The van der Waals surface area contributed by atoms with Crippen LogP contribution in [0.4, 0.5) is 13.2 Å². The summed E-state index contributed by atoms with van der Waals surface area (Å²) in [6.45, 7) is 0. The Kier molecular flexibility index (Phi) is 4.46. The van der Waals surface area contributed by atoms with E-state index in [9.17, 15) is 18.0 Å². The van der Waals surface area contributed by atoms with Gasteiger partial charge in [-0.3, -0.25) is 9.78 Å². The highest BCUT2D eigenvalue weighted by Crippen LogP contribution is 2.36. The summed E-state index contributed by atoms with van der Waals surface area (Å²) < 4.78 is 38.1. The van der Waals surface area contributed by atoms with Crippen LogP contribution in [0.15, 0.2) is 24.4 Å². The molecule has 110 valence electrons. The van der Waals surface area contributed by atoms with E-state index in [1.165, 1.54) is 12.1 Å². The molecular formula is C13H5Cl3F3NO. The van der Waals surface area contributed by atoms with Crippen molar-refractivity contribution in [3.05, 3.63) is 50.6 Å². The van der Waals surface area contributed by atoms with Crippen molar-refractivity contribution in [2.75, 3.05) is 0 Å².